The first-order valence-electron chi connectivity index (χ1n) is 13.1. The fourth-order valence-electron chi connectivity index (χ4n) is 4.69. The van der Waals surface area contributed by atoms with Gasteiger partial charge in [0.15, 0.2) is 5.75 Å². The van der Waals surface area contributed by atoms with E-state index < -0.39 is 12.1 Å². The molecule has 0 bridgehead atoms. The highest BCUT2D eigenvalue weighted by atomic mass is 35.5. The summed E-state index contributed by atoms with van der Waals surface area (Å²) in [4.78, 5) is 30.3. The van der Waals surface area contributed by atoms with Gasteiger partial charge >= 0.3 is 6.03 Å². The van der Waals surface area contributed by atoms with Crippen LogP contribution in [0.5, 0.6) is 5.75 Å². The molecule has 3 N–H and O–H groups in total. The number of aliphatic hydroxyl groups is 1. The van der Waals surface area contributed by atoms with E-state index in [-0.39, 0.29) is 24.5 Å². The second-order valence-electron chi connectivity index (χ2n) is 10.2. The van der Waals surface area contributed by atoms with E-state index in [1.54, 1.807) is 41.3 Å². The number of likely N-dealkylation sites (N-methyl/N-ethyl adjacent to an activating group) is 1. The van der Waals surface area contributed by atoms with Crippen molar-refractivity contribution in [1.82, 2.24) is 9.80 Å². The molecule has 0 unspecified atom stereocenters. The number of para-hydroxylation sites is 2. The molecule has 8 nitrogen and oxygen atoms in total. The number of halogens is 2. The normalized spacial score (nSPS) is 17.9. The average Bonchev–Trinajstić information content (AvgIpc) is 2.93. The molecule has 1 heterocycles. The van der Waals surface area contributed by atoms with Gasteiger partial charge in [-0.3, -0.25) is 9.69 Å². The maximum absolute atomic E-state index is 13.7. The molecule has 10 heteroatoms. The summed E-state index contributed by atoms with van der Waals surface area (Å²) in [6.45, 7) is 5.19. The molecule has 0 saturated carbocycles. The second-order valence-corrected chi connectivity index (χ2v) is 11.0. The van der Waals surface area contributed by atoms with Crippen molar-refractivity contribution in [1.29, 1.82) is 0 Å². The Balaban J connectivity index is 1.63. The van der Waals surface area contributed by atoms with Gasteiger partial charge < -0.3 is 25.4 Å². The molecule has 3 atom stereocenters. The van der Waals surface area contributed by atoms with Crippen LogP contribution < -0.4 is 15.4 Å². The number of carbonyl (C=O) groups is 2. The van der Waals surface area contributed by atoms with Crippen LogP contribution in [0.15, 0.2) is 66.7 Å². The summed E-state index contributed by atoms with van der Waals surface area (Å²) in [7, 11) is 1.98. The van der Waals surface area contributed by atoms with Gasteiger partial charge in [0.2, 0.25) is 0 Å². The fraction of sp³-hybridized carbons (Fsp3) is 0.333. The molecular weight excluding hydrogens is 551 g/mol. The van der Waals surface area contributed by atoms with Gasteiger partial charge in [-0.1, -0.05) is 60.5 Å². The number of urea groups is 1. The van der Waals surface area contributed by atoms with Gasteiger partial charge in [0.25, 0.3) is 5.91 Å². The van der Waals surface area contributed by atoms with Crippen molar-refractivity contribution in [3.05, 3.63) is 87.9 Å². The molecule has 0 fully saturated rings. The highest BCUT2D eigenvalue weighted by molar-refractivity contribution is 6.42. The lowest BCUT2D eigenvalue weighted by Gasteiger charge is -2.38. The first-order valence-corrected chi connectivity index (χ1v) is 13.9. The maximum atomic E-state index is 13.7. The minimum atomic E-state index is -0.459. The summed E-state index contributed by atoms with van der Waals surface area (Å²) in [6, 6.07) is 18.9. The Labute approximate surface area is 244 Å². The topological polar surface area (TPSA) is 94.1 Å². The molecule has 0 radical (unpaired) electrons. The first kappa shape index (κ1) is 29.7. The number of amides is 3. The molecule has 1 aliphatic rings. The fourth-order valence-corrected chi connectivity index (χ4v) is 5.01. The minimum Gasteiger partial charge on any atom is -0.486 e. The predicted octanol–water partition coefficient (Wildman–Crippen LogP) is 5.99. The molecular formula is C30H34Cl2N4O4. The molecule has 4 rings (SSSR count). The number of carbonyl (C=O) groups excluding carboxylic acids is 2. The molecule has 40 heavy (non-hydrogen) atoms. The first-order chi connectivity index (χ1) is 19.2. The zero-order valence-corrected chi connectivity index (χ0v) is 24.2. The summed E-state index contributed by atoms with van der Waals surface area (Å²) >= 11 is 12.3. The lowest BCUT2D eigenvalue weighted by Crippen LogP contribution is -2.49. The highest BCUT2D eigenvalue weighted by Crippen LogP contribution is 2.35. The van der Waals surface area contributed by atoms with Crippen molar-refractivity contribution in [2.45, 2.75) is 32.5 Å². The second kappa shape index (κ2) is 13.4. The van der Waals surface area contributed by atoms with Crippen LogP contribution in [0.2, 0.25) is 10.0 Å². The van der Waals surface area contributed by atoms with E-state index in [0.29, 0.717) is 52.4 Å². The number of aliphatic hydroxyl groups excluding tert-OH is 1. The molecule has 1 aliphatic heterocycles. The van der Waals surface area contributed by atoms with Gasteiger partial charge in [-0.2, -0.15) is 0 Å². The van der Waals surface area contributed by atoms with Crippen LogP contribution in [-0.2, 0) is 6.54 Å². The number of nitrogens with one attached hydrogen (secondary N) is 2. The van der Waals surface area contributed by atoms with Crippen molar-refractivity contribution in [3.8, 4) is 5.75 Å². The summed E-state index contributed by atoms with van der Waals surface area (Å²) in [5.41, 5.74) is 2.33. The monoisotopic (exact) mass is 584 g/mol. The van der Waals surface area contributed by atoms with Crippen molar-refractivity contribution in [2.75, 3.05) is 37.4 Å². The van der Waals surface area contributed by atoms with Crippen LogP contribution in [-0.4, -0.2) is 65.7 Å². The Morgan fingerprint density at radius 3 is 2.55 bits per heavy atom. The Bertz CT molecular complexity index is 1340. The standard InChI is InChI=1S/C30H34Cl2N4O4/c1-19-15-36(20(2)18-37)29(38)23-10-7-11-26(34-30(39)33-22-8-5-4-6-9-22)28(23)40-27(19)17-35(3)16-21-12-13-24(31)25(32)14-21/h4-14,19-20,27,37H,15-18H2,1-3H3,(H2,33,34,39)/t19-,20-,27+/m1/s1. The van der Waals surface area contributed by atoms with Crippen LogP contribution in [0.3, 0.4) is 0 Å². The van der Waals surface area contributed by atoms with Crippen LogP contribution >= 0.6 is 23.2 Å². The summed E-state index contributed by atoms with van der Waals surface area (Å²) in [5.74, 6) is -0.0583. The number of rotatable bonds is 8. The Kier molecular flexibility index (Phi) is 9.92. The van der Waals surface area contributed by atoms with E-state index in [2.05, 4.69) is 15.5 Å². The van der Waals surface area contributed by atoms with Crippen LogP contribution in [0.25, 0.3) is 0 Å². The predicted molar refractivity (Wildman–Crippen MR) is 159 cm³/mol. The largest absolute Gasteiger partial charge is 0.486 e. The van der Waals surface area contributed by atoms with Gasteiger partial charge in [-0.25, -0.2) is 4.79 Å². The van der Waals surface area contributed by atoms with E-state index in [9.17, 15) is 14.7 Å². The van der Waals surface area contributed by atoms with Gasteiger partial charge in [-0.05, 0) is 55.9 Å². The van der Waals surface area contributed by atoms with E-state index in [0.717, 1.165) is 5.56 Å². The van der Waals surface area contributed by atoms with E-state index >= 15 is 0 Å². The number of fused-ring (bicyclic) bond motifs is 1. The van der Waals surface area contributed by atoms with Crippen LogP contribution in [0, 0.1) is 5.92 Å². The Hall–Kier alpha value is -3.30. The van der Waals surface area contributed by atoms with Crippen molar-refractivity contribution in [2.24, 2.45) is 5.92 Å². The minimum absolute atomic E-state index is 0.0893. The van der Waals surface area contributed by atoms with E-state index in [1.165, 1.54) is 0 Å². The van der Waals surface area contributed by atoms with Crippen LogP contribution in [0.1, 0.15) is 29.8 Å². The number of benzene rings is 3. The van der Waals surface area contributed by atoms with Gasteiger partial charge in [0, 0.05) is 31.2 Å². The molecule has 212 valence electrons. The van der Waals surface area contributed by atoms with Crippen molar-refractivity contribution in [3.63, 3.8) is 0 Å². The average molecular weight is 586 g/mol. The third-order valence-corrected chi connectivity index (χ3v) is 7.64. The maximum Gasteiger partial charge on any atom is 0.323 e. The highest BCUT2D eigenvalue weighted by Gasteiger charge is 2.34. The third kappa shape index (κ3) is 7.26. The zero-order valence-electron chi connectivity index (χ0n) is 22.7. The number of nitrogens with zero attached hydrogens (tertiary/aromatic N) is 2. The molecule has 3 amide bonds. The molecule has 3 aromatic rings. The quantitative estimate of drug-likeness (QED) is 0.302. The number of ether oxygens (including phenoxy) is 1. The Morgan fingerprint density at radius 2 is 1.85 bits per heavy atom. The van der Waals surface area contributed by atoms with E-state index in [4.69, 9.17) is 27.9 Å². The van der Waals surface area contributed by atoms with E-state index in [1.807, 2.05) is 51.2 Å². The van der Waals surface area contributed by atoms with Crippen LogP contribution in [0.4, 0.5) is 16.2 Å². The number of hydrogen-bond acceptors (Lipinski definition) is 5. The summed E-state index contributed by atoms with van der Waals surface area (Å²) in [6.07, 6.45) is -0.340. The molecule has 0 aliphatic carbocycles. The third-order valence-electron chi connectivity index (χ3n) is 6.90. The number of hydrogen-bond donors (Lipinski definition) is 3. The van der Waals surface area contributed by atoms with Gasteiger partial charge in [0.1, 0.15) is 6.10 Å². The lowest BCUT2D eigenvalue weighted by atomic mass is 9.99. The number of anilines is 2. The zero-order chi connectivity index (χ0) is 28.8. The summed E-state index contributed by atoms with van der Waals surface area (Å²) < 4.78 is 6.57. The Morgan fingerprint density at radius 1 is 1.10 bits per heavy atom. The molecule has 0 saturated heterocycles. The smallest absolute Gasteiger partial charge is 0.323 e. The lowest BCUT2D eigenvalue weighted by molar-refractivity contribution is 0.0343. The van der Waals surface area contributed by atoms with Crippen molar-refractivity contribution < 1.29 is 19.4 Å². The van der Waals surface area contributed by atoms with Gasteiger partial charge in [-0.15, -0.1) is 0 Å². The SMILES string of the molecule is C[C@@H]1CN([C@H](C)CO)C(=O)c2cccc(NC(=O)Nc3ccccc3)c2O[C@H]1CN(C)Cc1ccc(Cl)c(Cl)c1. The van der Waals surface area contributed by atoms with Crippen molar-refractivity contribution >= 4 is 46.5 Å². The molecule has 0 spiro atoms. The molecule has 0 aromatic heterocycles. The summed E-state index contributed by atoms with van der Waals surface area (Å²) in [5, 5.41) is 16.6. The van der Waals surface area contributed by atoms with Gasteiger partial charge in [0.05, 0.1) is 33.9 Å². The molecule has 3 aromatic carbocycles.